The first-order valence-electron chi connectivity index (χ1n) is 7.74. The zero-order chi connectivity index (χ0) is 14.2. The first-order chi connectivity index (χ1) is 10.3. The Morgan fingerprint density at radius 2 is 1.95 bits per heavy atom. The van der Waals surface area contributed by atoms with Crippen molar-refractivity contribution in [3.63, 3.8) is 0 Å². The number of fused-ring (bicyclic) bond motifs is 1. The molecule has 0 N–H and O–H groups in total. The summed E-state index contributed by atoms with van der Waals surface area (Å²) in [7, 11) is 0. The summed E-state index contributed by atoms with van der Waals surface area (Å²) in [6.45, 7) is 4.02. The minimum Gasteiger partial charge on any atom is -0.381 e. The molecule has 0 aliphatic carbocycles. The molecule has 2 saturated heterocycles. The molecule has 2 fully saturated rings. The second-order valence-electron chi connectivity index (χ2n) is 5.96. The highest BCUT2D eigenvalue weighted by atomic mass is 79.9. The Hall–Kier alpha value is -1.13. The van der Waals surface area contributed by atoms with E-state index in [1.54, 1.807) is 0 Å². The van der Waals surface area contributed by atoms with Crippen LogP contribution in [0.3, 0.4) is 0 Å². The fourth-order valence-corrected chi connectivity index (χ4v) is 3.68. The zero-order valence-corrected chi connectivity index (χ0v) is 13.6. The molecule has 1 aromatic carbocycles. The molecule has 2 aliphatic rings. The van der Waals surface area contributed by atoms with E-state index < -0.39 is 0 Å². The van der Waals surface area contributed by atoms with E-state index in [1.165, 1.54) is 23.2 Å². The maximum atomic E-state index is 5.47. The molecule has 0 amide bonds. The van der Waals surface area contributed by atoms with Crippen LogP contribution in [0.5, 0.6) is 0 Å². The normalized spacial score (nSPS) is 19.8. The summed E-state index contributed by atoms with van der Waals surface area (Å²) in [4.78, 5) is 7.45. The summed E-state index contributed by atoms with van der Waals surface area (Å²) in [6, 6.07) is 8.80. The van der Waals surface area contributed by atoms with E-state index in [0.717, 1.165) is 49.1 Å². The zero-order valence-electron chi connectivity index (χ0n) is 12.0. The Bertz CT molecular complexity index is 663. The van der Waals surface area contributed by atoms with Gasteiger partial charge in [-0.1, -0.05) is 22.0 Å². The molecule has 0 bridgehead atoms. The number of nitrogens with zero attached hydrogens (tertiary/aromatic N) is 2. The van der Waals surface area contributed by atoms with Crippen molar-refractivity contribution < 1.29 is 4.74 Å². The Labute approximate surface area is 133 Å². The average Bonchev–Trinajstić information content (AvgIpc) is 2.46. The molecule has 2 aromatic rings. The molecule has 4 heteroatoms. The van der Waals surface area contributed by atoms with Crippen molar-refractivity contribution in [2.75, 3.05) is 31.2 Å². The van der Waals surface area contributed by atoms with E-state index in [4.69, 9.17) is 9.72 Å². The number of ether oxygens (including phenoxy) is 1. The van der Waals surface area contributed by atoms with Crippen LogP contribution in [0.4, 0.5) is 5.69 Å². The van der Waals surface area contributed by atoms with Gasteiger partial charge in [0.05, 0.1) is 11.2 Å². The van der Waals surface area contributed by atoms with Crippen LogP contribution in [-0.4, -0.2) is 31.3 Å². The van der Waals surface area contributed by atoms with Gasteiger partial charge < -0.3 is 9.64 Å². The molecule has 0 atom stereocenters. The van der Waals surface area contributed by atoms with Crippen molar-refractivity contribution in [2.24, 2.45) is 0 Å². The summed E-state index contributed by atoms with van der Waals surface area (Å²) in [5.74, 6) is 0.552. The molecule has 0 unspecified atom stereocenters. The Kier molecular flexibility index (Phi) is 3.59. The Balaban J connectivity index is 1.79. The quantitative estimate of drug-likeness (QED) is 0.818. The summed E-state index contributed by atoms with van der Waals surface area (Å²) < 4.78 is 6.61. The lowest BCUT2D eigenvalue weighted by atomic mass is 9.95. The topological polar surface area (TPSA) is 25.4 Å². The third-order valence-electron chi connectivity index (χ3n) is 4.59. The summed E-state index contributed by atoms with van der Waals surface area (Å²) in [6.07, 6.45) is 3.47. The lowest BCUT2D eigenvalue weighted by Gasteiger charge is -2.34. The largest absolute Gasteiger partial charge is 0.381 e. The monoisotopic (exact) mass is 346 g/mol. The van der Waals surface area contributed by atoms with Crippen LogP contribution in [0, 0.1) is 0 Å². The number of hydrogen-bond donors (Lipinski definition) is 0. The summed E-state index contributed by atoms with van der Waals surface area (Å²) in [5.41, 5.74) is 3.66. The van der Waals surface area contributed by atoms with E-state index >= 15 is 0 Å². The predicted molar refractivity (Wildman–Crippen MR) is 89.1 cm³/mol. The molecule has 4 rings (SSSR count). The van der Waals surface area contributed by atoms with Gasteiger partial charge in [0.25, 0.3) is 0 Å². The molecule has 1 aromatic heterocycles. The molecule has 0 saturated carbocycles. The van der Waals surface area contributed by atoms with Gasteiger partial charge in [-0.2, -0.15) is 0 Å². The highest BCUT2D eigenvalue weighted by molar-refractivity contribution is 9.10. The van der Waals surface area contributed by atoms with Crippen LogP contribution in [0.25, 0.3) is 10.9 Å². The Morgan fingerprint density at radius 3 is 2.67 bits per heavy atom. The second-order valence-corrected chi connectivity index (χ2v) is 6.88. The van der Waals surface area contributed by atoms with Gasteiger partial charge in [0.2, 0.25) is 0 Å². The molecule has 3 nitrogen and oxygen atoms in total. The van der Waals surface area contributed by atoms with Gasteiger partial charge in [-0.15, -0.1) is 0 Å². The lowest BCUT2D eigenvalue weighted by molar-refractivity contribution is 0.0846. The third kappa shape index (κ3) is 2.55. The second kappa shape index (κ2) is 5.58. The van der Waals surface area contributed by atoms with Crippen molar-refractivity contribution in [3.8, 4) is 0 Å². The minimum atomic E-state index is 0.552. The smallest absolute Gasteiger partial charge is 0.0939 e. The standard InChI is InChI=1S/C17H19BrN2O/c18-14-10-13-2-3-15(12-4-8-21-9-5-12)19-17(13)16(11-14)20-6-1-7-20/h2-3,10-12H,1,4-9H2. The molecule has 21 heavy (non-hydrogen) atoms. The van der Waals surface area contributed by atoms with Gasteiger partial charge in [-0.05, 0) is 37.5 Å². The third-order valence-corrected chi connectivity index (χ3v) is 5.05. The van der Waals surface area contributed by atoms with Crippen molar-refractivity contribution in [3.05, 3.63) is 34.4 Å². The SMILES string of the molecule is Brc1cc(N2CCC2)c2nc(C3CCOCC3)ccc2c1. The highest BCUT2D eigenvalue weighted by Crippen LogP contribution is 2.34. The average molecular weight is 347 g/mol. The van der Waals surface area contributed by atoms with Gasteiger partial charge >= 0.3 is 0 Å². The van der Waals surface area contributed by atoms with Crippen LogP contribution >= 0.6 is 15.9 Å². The number of aromatic nitrogens is 1. The van der Waals surface area contributed by atoms with E-state index in [-0.39, 0.29) is 0 Å². The Morgan fingerprint density at radius 1 is 1.14 bits per heavy atom. The number of anilines is 1. The summed E-state index contributed by atoms with van der Waals surface area (Å²) in [5, 5.41) is 1.22. The molecular weight excluding hydrogens is 328 g/mol. The van der Waals surface area contributed by atoms with E-state index in [9.17, 15) is 0 Å². The van der Waals surface area contributed by atoms with Crippen LogP contribution in [0.2, 0.25) is 0 Å². The van der Waals surface area contributed by atoms with Crippen molar-refractivity contribution in [1.82, 2.24) is 4.98 Å². The maximum Gasteiger partial charge on any atom is 0.0939 e. The van der Waals surface area contributed by atoms with Gasteiger partial charge in [0.1, 0.15) is 0 Å². The molecular formula is C17H19BrN2O. The fourth-order valence-electron chi connectivity index (χ4n) is 3.21. The molecule has 0 spiro atoms. The number of rotatable bonds is 2. The van der Waals surface area contributed by atoms with Crippen LogP contribution in [0.1, 0.15) is 30.9 Å². The van der Waals surface area contributed by atoms with Gasteiger partial charge in [0.15, 0.2) is 0 Å². The van der Waals surface area contributed by atoms with Crippen molar-refractivity contribution >= 4 is 32.5 Å². The van der Waals surface area contributed by atoms with Crippen molar-refractivity contribution in [1.29, 1.82) is 0 Å². The molecule has 3 heterocycles. The number of benzene rings is 1. The first-order valence-corrected chi connectivity index (χ1v) is 8.53. The van der Waals surface area contributed by atoms with Crippen LogP contribution < -0.4 is 4.90 Å². The number of pyridine rings is 1. The van der Waals surface area contributed by atoms with Gasteiger partial charge in [-0.25, -0.2) is 0 Å². The molecule has 110 valence electrons. The van der Waals surface area contributed by atoms with E-state index in [2.05, 4.69) is 45.1 Å². The lowest BCUT2D eigenvalue weighted by Crippen LogP contribution is -2.37. The minimum absolute atomic E-state index is 0.552. The number of hydrogen-bond acceptors (Lipinski definition) is 3. The van der Waals surface area contributed by atoms with Gasteiger partial charge in [-0.3, -0.25) is 4.98 Å². The molecule has 0 radical (unpaired) electrons. The first kappa shape index (κ1) is 13.5. The highest BCUT2D eigenvalue weighted by Gasteiger charge is 2.21. The number of halogens is 1. The van der Waals surface area contributed by atoms with Gasteiger partial charge in [0, 0.05) is 47.8 Å². The fraction of sp³-hybridized carbons (Fsp3) is 0.471. The van der Waals surface area contributed by atoms with E-state index in [0.29, 0.717) is 5.92 Å². The van der Waals surface area contributed by atoms with Crippen molar-refractivity contribution in [2.45, 2.75) is 25.2 Å². The van der Waals surface area contributed by atoms with Crippen LogP contribution in [-0.2, 0) is 4.74 Å². The molecule has 2 aliphatic heterocycles. The van der Waals surface area contributed by atoms with E-state index in [1.807, 2.05) is 0 Å². The maximum absolute atomic E-state index is 5.47. The predicted octanol–water partition coefficient (Wildman–Crippen LogP) is 4.10. The van der Waals surface area contributed by atoms with Crippen LogP contribution in [0.15, 0.2) is 28.7 Å². The summed E-state index contributed by atoms with van der Waals surface area (Å²) >= 11 is 3.63.